The summed E-state index contributed by atoms with van der Waals surface area (Å²) in [4.78, 5) is 6.05. The Morgan fingerprint density at radius 3 is 3.12 bits per heavy atom. The third-order valence-electron chi connectivity index (χ3n) is 2.64. The number of hydrogen-bond acceptors (Lipinski definition) is 4. The van der Waals surface area contributed by atoms with Crippen LogP contribution in [-0.2, 0) is 6.61 Å². The van der Waals surface area contributed by atoms with Crippen molar-refractivity contribution in [3.63, 3.8) is 0 Å². The van der Waals surface area contributed by atoms with E-state index in [4.69, 9.17) is 5.11 Å². The zero-order valence-electron chi connectivity index (χ0n) is 9.03. The largest absolute Gasteiger partial charge is 0.392 e. The van der Waals surface area contributed by atoms with Gasteiger partial charge in [0.25, 0.3) is 0 Å². The molecular formula is C11H15FN2OS. The molecule has 3 nitrogen and oxygen atoms in total. The van der Waals surface area contributed by atoms with Crippen molar-refractivity contribution >= 4 is 17.6 Å². The van der Waals surface area contributed by atoms with Crippen LogP contribution in [0.25, 0.3) is 0 Å². The Morgan fingerprint density at radius 2 is 2.31 bits per heavy atom. The van der Waals surface area contributed by atoms with Gasteiger partial charge in [-0.1, -0.05) is 0 Å². The number of halogens is 1. The van der Waals surface area contributed by atoms with Gasteiger partial charge in [-0.3, -0.25) is 0 Å². The molecule has 1 aliphatic heterocycles. The summed E-state index contributed by atoms with van der Waals surface area (Å²) in [5, 5.41) is 9.01. The zero-order valence-corrected chi connectivity index (χ0v) is 9.84. The number of thioether (sulfide) groups is 1. The fourth-order valence-corrected chi connectivity index (χ4v) is 2.66. The van der Waals surface area contributed by atoms with Gasteiger partial charge in [-0.15, -0.1) is 0 Å². The van der Waals surface area contributed by atoms with Crippen LogP contribution in [0.15, 0.2) is 12.3 Å². The highest BCUT2D eigenvalue weighted by Gasteiger charge is 2.17. The molecule has 5 heteroatoms. The Bertz CT molecular complexity index is 354. The number of pyridine rings is 1. The van der Waals surface area contributed by atoms with Crippen LogP contribution in [0.5, 0.6) is 0 Å². The summed E-state index contributed by atoms with van der Waals surface area (Å²) in [5.74, 6) is 2.13. The van der Waals surface area contributed by atoms with Gasteiger partial charge in [-0.2, -0.15) is 11.8 Å². The van der Waals surface area contributed by atoms with Crippen LogP contribution in [0.4, 0.5) is 10.2 Å². The topological polar surface area (TPSA) is 36.4 Å². The van der Waals surface area contributed by atoms with Gasteiger partial charge in [0, 0.05) is 30.6 Å². The van der Waals surface area contributed by atoms with Gasteiger partial charge < -0.3 is 10.0 Å². The average molecular weight is 242 g/mol. The van der Waals surface area contributed by atoms with Crippen LogP contribution >= 0.6 is 11.8 Å². The number of aliphatic hydroxyl groups excluding tert-OH is 1. The van der Waals surface area contributed by atoms with Gasteiger partial charge in [0.2, 0.25) is 0 Å². The lowest BCUT2D eigenvalue weighted by Crippen LogP contribution is -2.27. The predicted molar refractivity (Wildman–Crippen MR) is 64.3 cm³/mol. The van der Waals surface area contributed by atoms with Crippen molar-refractivity contribution < 1.29 is 9.50 Å². The fourth-order valence-electron chi connectivity index (χ4n) is 1.77. The molecule has 0 amide bonds. The molecule has 0 bridgehead atoms. The number of rotatable bonds is 2. The molecule has 1 fully saturated rings. The van der Waals surface area contributed by atoms with Crippen LogP contribution in [0.3, 0.4) is 0 Å². The van der Waals surface area contributed by atoms with E-state index in [1.165, 1.54) is 6.07 Å². The van der Waals surface area contributed by atoms with Gasteiger partial charge in [-0.25, -0.2) is 9.37 Å². The standard InChI is InChI=1S/C11H15FN2OS/c12-10-9(8-15)2-3-13-11(10)14-4-1-6-16-7-5-14/h2-3,15H,1,4-8H2. The molecule has 1 aromatic heterocycles. The van der Waals surface area contributed by atoms with E-state index < -0.39 is 0 Å². The maximum absolute atomic E-state index is 13.9. The maximum atomic E-state index is 13.9. The van der Waals surface area contributed by atoms with E-state index in [-0.39, 0.29) is 12.4 Å². The minimum atomic E-state index is -0.378. The van der Waals surface area contributed by atoms with Gasteiger partial charge in [0.1, 0.15) is 0 Å². The molecule has 0 saturated carbocycles. The normalized spacial score (nSPS) is 17.2. The highest BCUT2D eigenvalue weighted by atomic mass is 32.2. The molecule has 2 heterocycles. The van der Waals surface area contributed by atoms with E-state index in [0.717, 1.165) is 31.0 Å². The second kappa shape index (κ2) is 5.50. The Kier molecular flexibility index (Phi) is 4.01. The average Bonchev–Trinajstić information content (AvgIpc) is 2.58. The van der Waals surface area contributed by atoms with Crippen molar-refractivity contribution in [3.05, 3.63) is 23.6 Å². The number of anilines is 1. The molecule has 1 saturated heterocycles. The SMILES string of the molecule is OCc1ccnc(N2CCCSCC2)c1F. The second-order valence-corrected chi connectivity index (χ2v) is 4.94. The first-order chi connectivity index (χ1) is 7.83. The molecule has 16 heavy (non-hydrogen) atoms. The summed E-state index contributed by atoms with van der Waals surface area (Å²) in [6.45, 7) is 1.39. The smallest absolute Gasteiger partial charge is 0.171 e. The van der Waals surface area contributed by atoms with E-state index in [1.54, 1.807) is 6.20 Å². The number of aromatic nitrogens is 1. The molecule has 0 atom stereocenters. The van der Waals surface area contributed by atoms with Crippen molar-refractivity contribution in [1.29, 1.82) is 0 Å². The highest BCUT2D eigenvalue weighted by molar-refractivity contribution is 7.99. The number of aliphatic hydroxyl groups is 1. The Labute approximate surface area is 98.7 Å². The van der Waals surface area contributed by atoms with E-state index in [2.05, 4.69) is 4.98 Å². The van der Waals surface area contributed by atoms with Crippen LogP contribution < -0.4 is 4.90 Å². The first kappa shape index (κ1) is 11.7. The van der Waals surface area contributed by atoms with Crippen molar-refractivity contribution in [2.75, 3.05) is 29.5 Å². The lowest BCUT2D eigenvalue weighted by molar-refractivity contribution is 0.275. The highest BCUT2D eigenvalue weighted by Crippen LogP contribution is 2.22. The first-order valence-corrected chi connectivity index (χ1v) is 6.55. The summed E-state index contributed by atoms with van der Waals surface area (Å²) in [7, 11) is 0. The number of hydrogen-bond donors (Lipinski definition) is 1. The van der Waals surface area contributed by atoms with Gasteiger partial charge in [-0.05, 0) is 18.2 Å². The molecule has 2 rings (SSSR count). The lowest BCUT2D eigenvalue weighted by Gasteiger charge is -2.22. The molecule has 1 N–H and O–H groups in total. The van der Waals surface area contributed by atoms with Gasteiger partial charge >= 0.3 is 0 Å². The summed E-state index contributed by atoms with van der Waals surface area (Å²) in [6, 6.07) is 1.52. The van der Waals surface area contributed by atoms with Gasteiger partial charge in [0.05, 0.1) is 6.61 Å². The van der Waals surface area contributed by atoms with Crippen LogP contribution in [0.1, 0.15) is 12.0 Å². The van der Waals surface area contributed by atoms with Crippen LogP contribution in [0, 0.1) is 5.82 Å². The van der Waals surface area contributed by atoms with Crippen LogP contribution in [-0.4, -0.2) is 34.7 Å². The molecule has 0 radical (unpaired) electrons. The van der Waals surface area contributed by atoms with E-state index in [9.17, 15) is 4.39 Å². The third kappa shape index (κ3) is 2.47. The summed E-state index contributed by atoms with van der Waals surface area (Å²) in [5.41, 5.74) is 0.321. The monoisotopic (exact) mass is 242 g/mol. The van der Waals surface area contributed by atoms with Crippen LogP contribution in [0.2, 0.25) is 0 Å². The molecule has 0 unspecified atom stereocenters. The fraction of sp³-hybridized carbons (Fsp3) is 0.545. The molecule has 1 aromatic rings. The van der Waals surface area contributed by atoms with E-state index in [0.29, 0.717) is 11.4 Å². The van der Waals surface area contributed by atoms with E-state index in [1.807, 2.05) is 16.7 Å². The van der Waals surface area contributed by atoms with Crippen molar-refractivity contribution in [2.45, 2.75) is 13.0 Å². The molecular weight excluding hydrogens is 227 g/mol. The third-order valence-corrected chi connectivity index (χ3v) is 3.69. The second-order valence-electron chi connectivity index (χ2n) is 3.72. The minimum absolute atomic E-state index is 0.274. The summed E-state index contributed by atoms with van der Waals surface area (Å²) in [6.07, 6.45) is 2.61. The quantitative estimate of drug-likeness (QED) is 0.855. The number of nitrogens with zero attached hydrogens (tertiary/aromatic N) is 2. The van der Waals surface area contributed by atoms with Crippen molar-refractivity contribution in [1.82, 2.24) is 4.98 Å². The first-order valence-electron chi connectivity index (χ1n) is 5.40. The predicted octanol–water partition coefficient (Wildman–Crippen LogP) is 1.66. The molecule has 1 aliphatic rings. The van der Waals surface area contributed by atoms with Gasteiger partial charge in [0.15, 0.2) is 11.6 Å². The Balaban J connectivity index is 2.24. The zero-order chi connectivity index (χ0) is 11.4. The molecule has 0 aliphatic carbocycles. The molecule has 0 spiro atoms. The lowest BCUT2D eigenvalue weighted by atomic mass is 10.2. The van der Waals surface area contributed by atoms with E-state index >= 15 is 0 Å². The summed E-state index contributed by atoms with van der Waals surface area (Å²) >= 11 is 1.89. The Morgan fingerprint density at radius 1 is 1.44 bits per heavy atom. The van der Waals surface area contributed by atoms with Crippen molar-refractivity contribution in [2.24, 2.45) is 0 Å². The summed E-state index contributed by atoms with van der Waals surface area (Å²) < 4.78 is 13.9. The maximum Gasteiger partial charge on any atom is 0.171 e. The molecule has 88 valence electrons. The minimum Gasteiger partial charge on any atom is -0.392 e. The molecule has 0 aromatic carbocycles. The van der Waals surface area contributed by atoms with Crippen molar-refractivity contribution in [3.8, 4) is 0 Å². The Hall–Kier alpha value is -0.810.